The first-order valence-corrected chi connectivity index (χ1v) is 5.91. The fourth-order valence-corrected chi connectivity index (χ4v) is 1.34. The van der Waals surface area contributed by atoms with Gasteiger partial charge in [-0.05, 0) is 6.42 Å². The van der Waals surface area contributed by atoms with E-state index in [1.807, 2.05) is 0 Å². The number of nitrogens with one attached hydrogen (secondary N) is 2. The quantitative estimate of drug-likeness (QED) is 0.417. The van der Waals surface area contributed by atoms with Gasteiger partial charge in [-0.1, -0.05) is 0 Å². The highest BCUT2D eigenvalue weighted by Gasteiger charge is 2.21. The number of carbonyl (C=O) groups is 3. The van der Waals surface area contributed by atoms with E-state index in [4.69, 9.17) is 19.7 Å². The van der Waals surface area contributed by atoms with Gasteiger partial charge in [-0.15, -0.1) is 0 Å². The molecule has 9 nitrogen and oxygen atoms in total. The summed E-state index contributed by atoms with van der Waals surface area (Å²) in [7, 11) is 2.94. The molecular formula is C11H20N2O7. The summed E-state index contributed by atoms with van der Waals surface area (Å²) >= 11 is 0. The van der Waals surface area contributed by atoms with Crippen LogP contribution in [0.3, 0.4) is 0 Å². The van der Waals surface area contributed by atoms with Crippen molar-refractivity contribution in [3.05, 3.63) is 0 Å². The van der Waals surface area contributed by atoms with Crippen LogP contribution in [0.2, 0.25) is 0 Å². The highest BCUT2D eigenvalue weighted by molar-refractivity contribution is 5.82. The van der Waals surface area contributed by atoms with E-state index >= 15 is 0 Å². The molecule has 0 fully saturated rings. The third-order valence-electron chi connectivity index (χ3n) is 2.43. The maximum Gasteiger partial charge on any atom is 0.326 e. The summed E-state index contributed by atoms with van der Waals surface area (Å²) in [5.74, 6) is -2.42. The smallest absolute Gasteiger partial charge is 0.326 e. The van der Waals surface area contributed by atoms with Crippen LogP contribution in [0.5, 0.6) is 0 Å². The maximum absolute atomic E-state index is 11.5. The molecule has 20 heavy (non-hydrogen) atoms. The summed E-state index contributed by atoms with van der Waals surface area (Å²) in [6.45, 7) is 0.416. The molecule has 4 N–H and O–H groups in total. The van der Waals surface area contributed by atoms with Crippen LogP contribution in [0.4, 0.5) is 4.79 Å². The lowest BCUT2D eigenvalue weighted by Crippen LogP contribution is -2.48. The number of aliphatic carboxylic acids is 2. The fourth-order valence-electron chi connectivity index (χ4n) is 1.34. The minimum atomic E-state index is -1.29. The highest BCUT2D eigenvalue weighted by Crippen LogP contribution is 1.98. The van der Waals surface area contributed by atoms with Crippen LogP contribution >= 0.6 is 0 Å². The van der Waals surface area contributed by atoms with E-state index in [1.54, 1.807) is 0 Å². The standard InChI is InChI=1S/C11H20N2O7/c1-19-6-7(20-2)5-12-11(18)13-8(10(16)17)3-4-9(14)15/h7-8H,3-6H2,1-2H3,(H,14,15)(H,16,17)(H2,12,13,18)/t7?,8-/m0/s1. The van der Waals surface area contributed by atoms with Crippen molar-refractivity contribution >= 4 is 18.0 Å². The lowest BCUT2D eigenvalue weighted by atomic mass is 10.1. The number of methoxy groups -OCH3 is 2. The van der Waals surface area contributed by atoms with Crippen LogP contribution in [-0.2, 0) is 19.1 Å². The van der Waals surface area contributed by atoms with Gasteiger partial charge in [0.2, 0.25) is 0 Å². The number of carbonyl (C=O) groups excluding carboxylic acids is 1. The number of rotatable bonds is 10. The van der Waals surface area contributed by atoms with Crippen LogP contribution in [0.25, 0.3) is 0 Å². The van der Waals surface area contributed by atoms with Gasteiger partial charge in [0.1, 0.15) is 6.04 Å². The molecule has 0 radical (unpaired) electrons. The first kappa shape index (κ1) is 18.1. The zero-order chi connectivity index (χ0) is 15.5. The molecule has 0 aliphatic carbocycles. The monoisotopic (exact) mass is 292 g/mol. The number of hydrogen-bond donors (Lipinski definition) is 4. The highest BCUT2D eigenvalue weighted by atomic mass is 16.5. The Kier molecular flexibility index (Phi) is 9.05. The molecule has 9 heteroatoms. The Morgan fingerprint density at radius 1 is 1.20 bits per heavy atom. The van der Waals surface area contributed by atoms with Crippen LogP contribution in [0.1, 0.15) is 12.8 Å². The van der Waals surface area contributed by atoms with E-state index in [2.05, 4.69) is 10.6 Å². The van der Waals surface area contributed by atoms with E-state index in [9.17, 15) is 14.4 Å². The van der Waals surface area contributed by atoms with Crippen molar-refractivity contribution in [2.45, 2.75) is 25.0 Å². The number of urea groups is 1. The van der Waals surface area contributed by atoms with Gasteiger partial charge in [-0.25, -0.2) is 9.59 Å². The van der Waals surface area contributed by atoms with E-state index in [0.29, 0.717) is 0 Å². The van der Waals surface area contributed by atoms with Crippen molar-refractivity contribution < 1.29 is 34.1 Å². The molecule has 2 atom stereocenters. The molecule has 0 aromatic rings. The first-order valence-electron chi connectivity index (χ1n) is 5.91. The molecule has 1 unspecified atom stereocenters. The van der Waals surface area contributed by atoms with Gasteiger partial charge < -0.3 is 30.3 Å². The molecule has 0 saturated heterocycles. The van der Waals surface area contributed by atoms with Crippen LogP contribution < -0.4 is 10.6 Å². The third kappa shape index (κ3) is 8.27. The molecule has 0 aromatic carbocycles. The second-order valence-electron chi connectivity index (χ2n) is 3.99. The normalized spacial score (nSPS) is 13.3. The Hall–Kier alpha value is -1.87. The van der Waals surface area contributed by atoms with Crippen LogP contribution in [0.15, 0.2) is 0 Å². The molecule has 0 bridgehead atoms. The van der Waals surface area contributed by atoms with E-state index < -0.39 is 24.0 Å². The van der Waals surface area contributed by atoms with Gasteiger partial charge in [-0.3, -0.25) is 4.79 Å². The van der Waals surface area contributed by atoms with Gasteiger partial charge in [0.05, 0.1) is 12.7 Å². The number of carboxylic acid groups (broad SMARTS) is 2. The van der Waals surface area contributed by atoms with E-state index in [0.717, 1.165) is 0 Å². The summed E-state index contributed by atoms with van der Waals surface area (Å²) in [4.78, 5) is 32.7. The van der Waals surface area contributed by atoms with Crippen molar-refractivity contribution in [2.24, 2.45) is 0 Å². The summed E-state index contributed by atoms with van der Waals surface area (Å²) in [6.07, 6.45) is -0.890. The summed E-state index contributed by atoms with van der Waals surface area (Å²) in [6, 6.07) is -1.96. The molecule has 0 spiro atoms. The van der Waals surface area contributed by atoms with E-state index in [-0.39, 0.29) is 32.1 Å². The zero-order valence-electron chi connectivity index (χ0n) is 11.4. The predicted molar refractivity (Wildman–Crippen MR) is 67.5 cm³/mol. The molecule has 0 saturated carbocycles. The molecule has 0 rings (SSSR count). The molecule has 116 valence electrons. The van der Waals surface area contributed by atoms with Gasteiger partial charge >= 0.3 is 18.0 Å². The molecule has 0 aromatic heterocycles. The molecule has 2 amide bonds. The molecular weight excluding hydrogens is 272 g/mol. The lowest BCUT2D eigenvalue weighted by molar-refractivity contribution is -0.140. The average Bonchev–Trinajstić information content (AvgIpc) is 2.38. The molecule has 0 aliphatic rings. The summed E-state index contributed by atoms with van der Waals surface area (Å²) in [5.41, 5.74) is 0. The zero-order valence-corrected chi connectivity index (χ0v) is 11.4. The fraction of sp³-hybridized carbons (Fsp3) is 0.727. The number of hydrogen-bond acceptors (Lipinski definition) is 5. The first-order chi connectivity index (χ1) is 9.40. The number of ether oxygens (including phenoxy) is 2. The van der Waals surface area contributed by atoms with Gasteiger partial charge in [0.15, 0.2) is 0 Å². The van der Waals surface area contributed by atoms with Crippen molar-refractivity contribution in [1.82, 2.24) is 10.6 Å². The van der Waals surface area contributed by atoms with Crippen LogP contribution in [0, 0.1) is 0 Å². The Morgan fingerprint density at radius 2 is 1.85 bits per heavy atom. The number of carboxylic acids is 2. The Labute approximate surface area is 116 Å². The summed E-state index contributed by atoms with van der Waals surface area (Å²) < 4.78 is 9.87. The maximum atomic E-state index is 11.5. The third-order valence-corrected chi connectivity index (χ3v) is 2.43. The molecule has 0 heterocycles. The minimum absolute atomic E-state index is 0.140. The second kappa shape index (κ2) is 9.98. The summed E-state index contributed by atoms with van der Waals surface area (Å²) in [5, 5.41) is 22.0. The van der Waals surface area contributed by atoms with Crippen molar-refractivity contribution in [3.8, 4) is 0 Å². The van der Waals surface area contributed by atoms with E-state index in [1.165, 1.54) is 14.2 Å². The van der Waals surface area contributed by atoms with Gasteiger partial charge in [-0.2, -0.15) is 0 Å². The Bertz CT molecular complexity index is 335. The molecule has 0 aliphatic heterocycles. The Balaban J connectivity index is 4.18. The lowest BCUT2D eigenvalue weighted by Gasteiger charge is -2.17. The Morgan fingerprint density at radius 3 is 2.30 bits per heavy atom. The van der Waals surface area contributed by atoms with Crippen LogP contribution in [-0.4, -0.2) is 67.7 Å². The minimum Gasteiger partial charge on any atom is -0.481 e. The average molecular weight is 292 g/mol. The van der Waals surface area contributed by atoms with Crippen molar-refractivity contribution in [2.75, 3.05) is 27.4 Å². The largest absolute Gasteiger partial charge is 0.481 e. The van der Waals surface area contributed by atoms with Gasteiger partial charge in [0.25, 0.3) is 0 Å². The van der Waals surface area contributed by atoms with Crippen molar-refractivity contribution in [3.63, 3.8) is 0 Å². The SMILES string of the molecule is COCC(CNC(=O)N[C@@H](CCC(=O)O)C(=O)O)OC. The van der Waals surface area contributed by atoms with Gasteiger partial charge in [0, 0.05) is 27.2 Å². The van der Waals surface area contributed by atoms with Crippen molar-refractivity contribution in [1.29, 1.82) is 0 Å². The second-order valence-corrected chi connectivity index (χ2v) is 3.99. The topological polar surface area (TPSA) is 134 Å². The number of amides is 2. The predicted octanol–water partition coefficient (Wildman–Crippen LogP) is -0.735.